The third-order valence-corrected chi connectivity index (χ3v) is 4.56. The van der Waals surface area contributed by atoms with Crippen molar-refractivity contribution in [3.05, 3.63) is 77.4 Å². The summed E-state index contributed by atoms with van der Waals surface area (Å²) in [5, 5.41) is 2.29. The van der Waals surface area contributed by atoms with E-state index >= 15 is 0 Å². The minimum absolute atomic E-state index is 0.293. The van der Waals surface area contributed by atoms with Crippen molar-refractivity contribution in [2.45, 2.75) is 12.5 Å². The maximum absolute atomic E-state index is 12.3. The topological polar surface area (TPSA) is 35.5 Å². The summed E-state index contributed by atoms with van der Waals surface area (Å²) in [6, 6.07) is 19.7. The molecule has 0 saturated heterocycles. The molecule has 3 nitrogen and oxygen atoms in total. The lowest BCUT2D eigenvalue weighted by Crippen LogP contribution is -2.23. The number of cyclic esters (lactones) is 1. The minimum atomic E-state index is -0.801. The van der Waals surface area contributed by atoms with Gasteiger partial charge in [-0.15, -0.1) is 0 Å². The van der Waals surface area contributed by atoms with Crippen molar-refractivity contribution in [1.29, 1.82) is 0 Å². The highest BCUT2D eigenvalue weighted by molar-refractivity contribution is 5.96. The van der Waals surface area contributed by atoms with Crippen LogP contribution in [0.2, 0.25) is 0 Å². The van der Waals surface area contributed by atoms with Crippen LogP contribution < -0.4 is 4.74 Å². The highest BCUT2D eigenvalue weighted by Crippen LogP contribution is 2.43. The smallest absolute Gasteiger partial charge is 0.339 e. The molecule has 4 rings (SSSR count). The Morgan fingerprint density at radius 1 is 0.957 bits per heavy atom. The molecule has 3 aromatic carbocycles. The predicted octanol–water partition coefficient (Wildman–Crippen LogP) is 4.28. The van der Waals surface area contributed by atoms with E-state index in [4.69, 9.17) is 9.47 Å². The second-order valence-electron chi connectivity index (χ2n) is 5.90. The number of methoxy groups -OCH3 is 1. The molecule has 3 heteroatoms. The molecule has 1 unspecified atom stereocenters. The number of carbonyl (C=O) groups excluding carboxylic acids is 1. The van der Waals surface area contributed by atoms with Crippen molar-refractivity contribution in [3.8, 4) is 5.75 Å². The van der Waals surface area contributed by atoms with Crippen LogP contribution in [0.25, 0.3) is 10.8 Å². The lowest BCUT2D eigenvalue weighted by molar-refractivity contribution is 0.0180. The molecule has 0 fully saturated rings. The van der Waals surface area contributed by atoms with E-state index in [0.717, 1.165) is 21.9 Å². The Hall–Kier alpha value is -2.81. The highest BCUT2D eigenvalue weighted by atomic mass is 16.6. The summed E-state index contributed by atoms with van der Waals surface area (Å²) in [7, 11) is 1.62. The van der Waals surface area contributed by atoms with Crippen LogP contribution in [-0.4, -0.2) is 13.1 Å². The fourth-order valence-corrected chi connectivity index (χ4v) is 3.22. The Kier molecular flexibility index (Phi) is 2.91. The van der Waals surface area contributed by atoms with Crippen LogP contribution in [0.15, 0.2) is 60.7 Å². The number of ether oxygens (including phenoxy) is 2. The van der Waals surface area contributed by atoms with Gasteiger partial charge in [-0.1, -0.05) is 36.4 Å². The van der Waals surface area contributed by atoms with Gasteiger partial charge in [-0.2, -0.15) is 0 Å². The summed E-state index contributed by atoms with van der Waals surface area (Å²) in [5.74, 6) is 0.423. The van der Waals surface area contributed by atoms with Crippen molar-refractivity contribution in [1.82, 2.24) is 0 Å². The summed E-state index contributed by atoms with van der Waals surface area (Å²) in [6.45, 7) is 1.93. The second-order valence-corrected chi connectivity index (χ2v) is 5.90. The van der Waals surface area contributed by atoms with Gasteiger partial charge in [-0.25, -0.2) is 4.79 Å². The van der Waals surface area contributed by atoms with E-state index in [9.17, 15) is 4.79 Å². The van der Waals surface area contributed by atoms with Crippen molar-refractivity contribution >= 4 is 16.7 Å². The molecule has 0 aliphatic carbocycles. The van der Waals surface area contributed by atoms with Crippen LogP contribution in [0.3, 0.4) is 0 Å². The Bertz CT molecular complexity index is 929. The van der Waals surface area contributed by atoms with Gasteiger partial charge in [0.15, 0.2) is 5.60 Å². The van der Waals surface area contributed by atoms with Crippen LogP contribution in [0, 0.1) is 0 Å². The molecule has 0 bridgehead atoms. The second kappa shape index (κ2) is 4.85. The van der Waals surface area contributed by atoms with Gasteiger partial charge in [0.1, 0.15) is 5.75 Å². The van der Waals surface area contributed by atoms with E-state index in [1.54, 1.807) is 19.2 Å². The zero-order chi connectivity index (χ0) is 16.0. The summed E-state index contributed by atoms with van der Waals surface area (Å²) < 4.78 is 11.1. The summed E-state index contributed by atoms with van der Waals surface area (Å²) in [4.78, 5) is 12.3. The summed E-state index contributed by atoms with van der Waals surface area (Å²) in [5.41, 5.74) is 1.60. The molecule has 114 valence electrons. The molecule has 23 heavy (non-hydrogen) atoms. The number of fused-ring (bicyclic) bond motifs is 2. The Labute approximate surface area is 134 Å². The van der Waals surface area contributed by atoms with E-state index in [2.05, 4.69) is 24.3 Å². The molecule has 1 heterocycles. The highest BCUT2D eigenvalue weighted by Gasteiger charge is 2.43. The Morgan fingerprint density at radius 3 is 2.52 bits per heavy atom. The van der Waals surface area contributed by atoms with Crippen LogP contribution in [0.1, 0.15) is 28.4 Å². The third kappa shape index (κ3) is 2.00. The molecule has 1 aliphatic heterocycles. The molecule has 3 aromatic rings. The van der Waals surface area contributed by atoms with Gasteiger partial charge in [0.05, 0.1) is 12.7 Å². The third-order valence-electron chi connectivity index (χ3n) is 4.56. The molecular weight excluding hydrogens is 288 g/mol. The molecular formula is C20H16O3. The Morgan fingerprint density at radius 2 is 1.74 bits per heavy atom. The van der Waals surface area contributed by atoms with Gasteiger partial charge in [-0.05, 0) is 42.0 Å². The van der Waals surface area contributed by atoms with Crippen molar-refractivity contribution in [2.24, 2.45) is 0 Å². The molecule has 0 radical (unpaired) electrons. The first-order chi connectivity index (χ1) is 11.1. The first-order valence-electron chi connectivity index (χ1n) is 7.53. The molecule has 0 spiro atoms. The fourth-order valence-electron chi connectivity index (χ4n) is 3.22. The number of hydrogen-bond acceptors (Lipinski definition) is 3. The van der Waals surface area contributed by atoms with Crippen molar-refractivity contribution in [3.63, 3.8) is 0 Å². The number of benzene rings is 3. The maximum Gasteiger partial charge on any atom is 0.339 e. The van der Waals surface area contributed by atoms with Gasteiger partial charge in [0, 0.05) is 11.1 Å². The normalized spacial score (nSPS) is 19.5. The average Bonchev–Trinajstić information content (AvgIpc) is 2.86. The average molecular weight is 304 g/mol. The zero-order valence-electron chi connectivity index (χ0n) is 13.0. The van der Waals surface area contributed by atoms with E-state index in [1.807, 2.05) is 31.2 Å². The van der Waals surface area contributed by atoms with Gasteiger partial charge >= 0.3 is 5.97 Å². The number of carbonyl (C=O) groups is 1. The molecule has 0 amide bonds. The van der Waals surface area contributed by atoms with Gasteiger partial charge in [-0.3, -0.25) is 0 Å². The van der Waals surface area contributed by atoms with E-state index < -0.39 is 5.60 Å². The fraction of sp³-hybridized carbons (Fsp3) is 0.150. The Balaban J connectivity index is 1.92. The van der Waals surface area contributed by atoms with Gasteiger partial charge in [0.2, 0.25) is 0 Å². The number of rotatable bonds is 2. The minimum Gasteiger partial charge on any atom is -0.497 e. The monoisotopic (exact) mass is 304 g/mol. The first kappa shape index (κ1) is 13.8. The van der Waals surface area contributed by atoms with Crippen molar-refractivity contribution in [2.75, 3.05) is 7.11 Å². The predicted molar refractivity (Wildman–Crippen MR) is 88.8 cm³/mol. The molecule has 1 atom stereocenters. The largest absolute Gasteiger partial charge is 0.497 e. The van der Waals surface area contributed by atoms with Gasteiger partial charge in [0.25, 0.3) is 0 Å². The summed E-state index contributed by atoms with van der Waals surface area (Å²) in [6.07, 6.45) is 0. The molecule has 0 N–H and O–H groups in total. The number of hydrogen-bond donors (Lipinski definition) is 0. The first-order valence-corrected chi connectivity index (χ1v) is 7.53. The lowest BCUT2D eigenvalue weighted by atomic mass is 9.86. The standard InChI is InChI=1S/C20H16O3/c1-20(15-8-7-13-5-3-4-6-14(13)11-15)18-12-16(22-2)9-10-17(18)19(21)23-20/h3-12H,1-2H3. The SMILES string of the molecule is COc1ccc2c(c1)C(C)(c1ccc3ccccc3c1)OC2=O. The maximum atomic E-state index is 12.3. The zero-order valence-corrected chi connectivity index (χ0v) is 13.0. The quantitative estimate of drug-likeness (QED) is 0.663. The lowest BCUT2D eigenvalue weighted by Gasteiger charge is -2.25. The van der Waals surface area contributed by atoms with Crippen LogP contribution >= 0.6 is 0 Å². The molecule has 0 saturated carbocycles. The molecule has 0 aromatic heterocycles. The van der Waals surface area contributed by atoms with E-state index in [1.165, 1.54) is 0 Å². The number of esters is 1. The summed E-state index contributed by atoms with van der Waals surface area (Å²) >= 11 is 0. The van der Waals surface area contributed by atoms with E-state index in [-0.39, 0.29) is 5.97 Å². The van der Waals surface area contributed by atoms with Crippen LogP contribution in [0.4, 0.5) is 0 Å². The molecule has 1 aliphatic rings. The van der Waals surface area contributed by atoms with Gasteiger partial charge < -0.3 is 9.47 Å². The van der Waals surface area contributed by atoms with Crippen LogP contribution in [0.5, 0.6) is 5.75 Å². The van der Waals surface area contributed by atoms with Crippen molar-refractivity contribution < 1.29 is 14.3 Å². The van der Waals surface area contributed by atoms with Crippen LogP contribution in [-0.2, 0) is 10.3 Å². The van der Waals surface area contributed by atoms with E-state index in [0.29, 0.717) is 11.3 Å².